The van der Waals surface area contributed by atoms with E-state index in [0.717, 1.165) is 18.4 Å². The molecule has 0 aliphatic rings. The van der Waals surface area contributed by atoms with Crippen molar-refractivity contribution in [2.45, 2.75) is 32.3 Å². The van der Waals surface area contributed by atoms with Crippen LogP contribution in [0.4, 0.5) is 0 Å². The molecule has 0 fully saturated rings. The normalized spacial score (nSPS) is 10.2. The summed E-state index contributed by atoms with van der Waals surface area (Å²) < 4.78 is 5.30. The van der Waals surface area contributed by atoms with Crippen LogP contribution < -0.4 is 5.32 Å². The summed E-state index contributed by atoms with van der Waals surface area (Å²) in [6, 6.07) is 9.67. The zero-order chi connectivity index (χ0) is 14.6. The number of rotatable bonds is 10. The van der Waals surface area contributed by atoms with Gasteiger partial charge in [-0.1, -0.05) is 36.8 Å². The fourth-order valence-corrected chi connectivity index (χ4v) is 1.69. The summed E-state index contributed by atoms with van der Waals surface area (Å²) >= 11 is 0. The van der Waals surface area contributed by atoms with Gasteiger partial charge in [-0.2, -0.15) is 0 Å². The molecule has 110 valence electrons. The molecule has 0 spiro atoms. The molecule has 0 unspecified atom stereocenters. The monoisotopic (exact) mass is 279 g/mol. The summed E-state index contributed by atoms with van der Waals surface area (Å²) in [5, 5.41) is 11.2. The number of amides is 1. The second-order valence-corrected chi connectivity index (χ2v) is 4.53. The molecule has 0 aliphatic heterocycles. The number of unbranched alkanes of at least 4 members (excludes halogenated alkanes) is 2. The van der Waals surface area contributed by atoms with Crippen LogP contribution in [0.2, 0.25) is 0 Å². The third-order valence-electron chi connectivity index (χ3n) is 2.73. The minimum absolute atomic E-state index is 0.0457. The summed E-state index contributed by atoms with van der Waals surface area (Å²) in [6.45, 7) is 1.03. The van der Waals surface area contributed by atoms with Crippen LogP contribution in [0.15, 0.2) is 30.3 Å². The third-order valence-corrected chi connectivity index (χ3v) is 2.73. The molecule has 5 nitrogen and oxygen atoms in total. The van der Waals surface area contributed by atoms with Gasteiger partial charge >= 0.3 is 5.97 Å². The maximum atomic E-state index is 11.4. The number of carbonyl (C=O) groups excluding carboxylic acids is 1. The molecule has 0 saturated carbocycles. The van der Waals surface area contributed by atoms with E-state index in [1.165, 1.54) is 0 Å². The van der Waals surface area contributed by atoms with E-state index in [-0.39, 0.29) is 18.9 Å². The summed E-state index contributed by atoms with van der Waals surface area (Å²) in [6.07, 6.45) is 2.43. The van der Waals surface area contributed by atoms with Crippen LogP contribution >= 0.6 is 0 Å². The quantitative estimate of drug-likeness (QED) is 0.642. The lowest BCUT2D eigenvalue weighted by atomic mass is 10.2. The highest BCUT2D eigenvalue weighted by molar-refractivity contribution is 5.77. The highest BCUT2D eigenvalue weighted by Gasteiger charge is 2.01. The number of carboxylic acids is 1. The van der Waals surface area contributed by atoms with Gasteiger partial charge in [0.2, 0.25) is 5.91 Å². The van der Waals surface area contributed by atoms with E-state index >= 15 is 0 Å². The molecule has 20 heavy (non-hydrogen) atoms. The Morgan fingerprint density at radius 2 is 1.85 bits per heavy atom. The molecule has 0 bridgehead atoms. The van der Waals surface area contributed by atoms with Gasteiger partial charge in [-0.3, -0.25) is 9.59 Å². The second-order valence-electron chi connectivity index (χ2n) is 4.53. The predicted octanol–water partition coefficient (Wildman–Crippen LogP) is 1.96. The van der Waals surface area contributed by atoms with E-state index in [1.54, 1.807) is 0 Å². The minimum Gasteiger partial charge on any atom is -0.481 e. The largest absolute Gasteiger partial charge is 0.481 e. The maximum Gasteiger partial charge on any atom is 0.303 e. The zero-order valence-corrected chi connectivity index (χ0v) is 11.5. The number of aliphatic carboxylic acids is 1. The van der Waals surface area contributed by atoms with Crippen molar-refractivity contribution in [2.24, 2.45) is 0 Å². The summed E-state index contributed by atoms with van der Waals surface area (Å²) in [7, 11) is 0. The summed E-state index contributed by atoms with van der Waals surface area (Å²) in [4.78, 5) is 21.7. The molecule has 1 aromatic rings. The van der Waals surface area contributed by atoms with E-state index in [9.17, 15) is 9.59 Å². The van der Waals surface area contributed by atoms with Crippen molar-refractivity contribution in [3.05, 3.63) is 35.9 Å². The zero-order valence-electron chi connectivity index (χ0n) is 11.5. The Morgan fingerprint density at radius 3 is 2.55 bits per heavy atom. The fourth-order valence-electron chi connectivity index (χ4n) is 1.69. The van der Waals surface area contributed by atoms with Gasteiger partial charge in [0, 0.05) is 13.0 Å². The first-order chi connectivity index (χ1) is 9.68. The fraction of sp³-hybridized carbons (Fsp3) is 0.467. The van der Waals surface area contributed by atoms with Crippen LogP contribution in [0.1, 0.15) is 31.2 Å². The van der Waals surface area contributed by atoms with Crippen molar-refractivity contribution in [1.82, 2.24) is 5.32 Å². The lowest BCUT2D eigenvalue weighted by Gasteiger charge is -2.06. The number of ether oxygens (including phenoxy) is 1. The van der Waals surface area contributed by atoms with E-state index in [0.29, 0.717) is 19.6 Å². The van der Waals surface area contributed by atoms with E-state index < -0.39 is 5.97 Å². The highest BCUT2D eigenvalue weighted by atomic mass is 16.5. The average Bonchev–Trinajstić information content (AvgIpc) is 2.43. The Hall–Kier alpha value is -1.88. The Bertz CT molecular complexity index is 406. The smallest absolute Gasteiger partial charge is 0.303 e. The minimum atomic E-state index is -0.775. The van der Waals surface area contributed by atoms with Gasteiger partial charge in [-0.05, 0) is 18.4 Å². The second kappa shape index (κ2) is 9.97. The van der Waals surface area contributed by atoms with Gasteiger partial charge in [-0.25, -0.2) is 0 Å². The van der Waals surface area contributed by atoms with Crippen molar-refractivity contribution in [3.8, 4) is 0 Å². The lowest BCUT2D eigenvalue weighted by Crippen LogP contribution is -2.28. The van der Waals surface area contributed by atoms with Gasteiger partial charge in [-0.15, -0.1) is 0 Å². The molecule has 0 atom stereocenters. The maximum absolute atomic E-state index is 11.4. The SMILES string of the molecule is O=C(O)CCCCCNC(=O)COCc1ccccc1. The number of nitrogens with one attached hydrogen (secondary N) is 1. The van der Waals surface area contributed by atoms with Crippen LogP contribution in [0.5, 0.6) is 0 Å². The molecule has 0 radical (unpaired) electrons. The lowest BCUT2D eigenvalue weighted by molar-refractivity contribution is -0.137. The molecule has 0 aliphatic carbocycles. The number of benzene rings is 1. The van der Waals surface area contributed by atoms with Gasteiger partial charge in [0.05, 0.1) is 6.61 Å². The first-order valence-electron chi connectivity index (χ1n) is 6.78. The highest BCUT2D eigenvalue weighted by Crippen LogP contribution is 2.00. The van der Waals surface area contributed by atoms with Gasteiger partial charge in [0.1, 0.15) is 6.61 Å². The average molecular weight is 279 g/mol. The van der Waals surface area contributed by atoms with Crippen molar-refractivity contribution < 1.29 is 19.4 Å². The van der Waals surface area contributed by atoms with Crippen molar-refractivity contribution >= 4 is 11.9 Å². The van der Waals surface area contributed by atoms with E-state index in [2.05, 4.69) is 5.32 Å². The number of carbonyl (C=O) groups is 2. The molecular weight excluding hydrogens is 258 g/mol. The topological polar surface area (TPSA) is 75.6 Å². The Kier molecular flexibility index (Phi) is 8.07. The van der Waals surface area contributed by atoms with Gasteiger partial charge in [0.25, 0.3) is 0 Å². The Morgan fingerprint density at radius 1 is 1.10 bits per heavy atom. The first-order valence-corrected chi connectivity index (χ1v) is 6.78. The molecule has 2 N–H and O–H groups in total. The number of hydrogen-bond donors (Lipinski definition) is 2. The standard InChI is InChI=1S/C15H21NO4/c17-14(16-10-6-2-5-9-15(18)19)12-20-11-13-7-3-1-4-8-13/h1,3-4,7-8H,2,5-6,9-12H2,(H,16,17)(H,18,19). The van der Waals surface area contributed by atoms with Crippen LogP contribution in [0.3, 0.4) is 0 Å². The predicted molar refractivity (Wildman–Crippen MR) is 75.2 cm³/mol. The van der Waals surface area contributed by atoms with Crippen molar-refractivity contribution in [2.75, 3.05) is 13.2 Å². The molecule has 5 heteroatoms. The van der Waals surface area contributed by atoms with Gasteiger partial charge < -0.3 is 15.2 Å². The molecule has 1 amide bonds. The van der Waals surface area contributed by atoms with Crippen LogP contribution in [-0.4, -0.2) is 30.1 Å². The van der Waals surface area contributed by atoms with E-state index in [1.807, 2.05) is 30.3 Å². The number of hydrogen-bond acceptors (Lipinski definition) is 3. The van der Waals surface area contributed by atoms with Gasteiger partial charge in [0.15, 0.2) is 0 Å². The Balaban J connectivity index is 1.97. The van der Waals surface area contributed by atoms with Crippen molar-refractivity contribution in [3.63, 3.8) is 0 Å². The molecule has 1 rings (SSSR count). The molecule has 0 heterocycles. The van der Waals surface area contributed by atoms with E-state index in [4.69, 9.17) is 9.84 Å². The van der Waals surface area contributed by atoms with Crippen LogP contribution in [0.25, 0.3) is 0 Å². The van der Waals surface area contributed by atoms with Crippen molar-refractivity contribution in [1.29, 1.82) is 0 Å². The molecule has 1 aromatic carbocycles. The third kappa shape index (κ3) is 8.26. The summed E-state index contributed by atoms with van der Waals surface area (Å²) in [5.74, 6) is -0.914. The van der Waals surface area contributed by atoms with Crippen LogP contribution in [-0.2, 0) is 20.9 Å². The van der Waals surface area contributed by atoms with Crippen LogP contribution in [0, 0.1) is 0 Å². The first kappa shape index (κ1) is 16.2. The molecule has 0 aromatic heterocycles. The summed E-state index contributed by atoms with van der Waals surface area (Å²) in [5.41, 5.74) is 1.04. The number of carboxylic acid groups (broad SMARTS) is 1. The molecular formula is C15H21NO4. The molecule has 0 saturated heterocycles. The Labute approximate surface area is 118 Å².